The van der Waals surface area contributed by atoms with Crippen molar-refractivity contribution in [3.05, 3.63) is 41.0 Å². The monoisotopic (exact) mass is 392 g/mol. The maximum Gasteiger partial charge on any atom is 0.237 e. The SMILES string of the molecule is CC(C)(C)c1cc(NC(=O)CSc2nnnn2-c2cccc(Cl)c2)on1. The number of nitrogens with one attached hydrogen (secondary N) is 1. The van der Waals surface area contributed by atoms with E-state index in [1.807, 2.05) is 26.8 Å². The van der Waals surface area contributed by atoms with Crippen molar-refractivity contribution in [1.29, 1.82) is 0 Å². The summed E-state index contributed by atoms with van der Waals surface area (Å²) in [5.41, 5.74) is 1.33. The lowest BCUT2D eigenvalue weighted by atomic mass is 9.92. The molecule has 0 unspecified atom stereocenters. The van der Waals surface area contributed by atoms with Crippen LogP contribution in [-0.2, 0) is 10.2 Å². The molecule has 136 valence electrons. The predicted molar refractivity (Wildman–Crippen MR) is 98.7 cm³/mol. The number of halogens is 1. The highest BCUT2D eigenvalue weighted by Gasteiger charge is 2.20. The van der Waals surface area contributed by atoms with Gasteiger partial charge in [0.15, 0.2) is 0 Å². The first-order valence-electron chi connectivity index (χ1n) is 7.77. The second-order valence-electron chi connectivity index (χ2n) is 6.52. The zero-order chi connectivity index (χ0) is 18.7. The van der Waals surface area contributed by atoms with Gasteiger partial charge in [-0.05, 0) is 28.6 Å². The summed E-state index contributed by atoms with van der Waals surface area (Å²) in [6.07, 6.45) is 0. The molecule has 1 amide bonds. The van der Waals surface area contributed by atoms with Crippen LogP contribution < -0.4 is 5.32 Å². The second-order valence-corrected chi connectivity index (χ2v) is 7.90. The Kier molecular flexibility index (Phi) is 5.28. The summed E-state index contributed by atoms with van der Waals surface area (Å²) in [6, 6.07) is 8.86. The average molecular weight is 393 g/mol. The van der Waals surface area contributed by atoms with E-state index in [9.17, 15) is 4.79 Å². The summed E-state index contributed by atoms with van der Waals surface area (Å²) < 4.78 is 6.68. The third-order valence-corrected chi connectivity index (χ3v) is 4.52. The zero-order valence-corrected chi connectivity index (χ0v) is 16.0. The molecule has 3 aromatic rings. The summed E-state index contributed by atoms with van der Waals surface area (Å²) in [5, 5.41) is 19.2. The van der Waals surface area contributed by atoms with Gasteiger partial charge in [-0.2, -0.15) is 4.68 Å². The van der Waals surface area contributed by atoms with Gasteiger partial charge >= 0.3 is 0 Å². The molecular formula is C16H17ClN6O2S. The highest BCUT2D eigenvalue weighted by atomic mass is 35.5. The Hall–Kier alpha value is -2.39. The number of thioether (sulfide) groups is 1. The van der Waals surface area contributed by atoms with Crippen molar-refractivity contribution in [2.75, 3.05) is 11.1 Å². The molecule has 0 atom stereocenters. The van der Waals surface area contributed by atoms with Gasteiger partial charge in [0, 0.05) is 16.5 Å². The summed E-state index contributed by atoms with van der Waals surface area (Å²) in [5.74, 6) is 0.189. The number of nitrogens with zero attached hydrogens (tertiary/aromatic N) is 5. The molecule has 0 saturated carbocycles. The fourth-order valence-corrected chi connectivity index (χ4v) is 2.91. The number of hydrogen-bond donors (Lipinski definition) is 1. The van der Waals surface area contributed by atoms with Crippen LogP contribution in [0, 0.1) is 0 Å². The molecule has 0 bridgehead atoms. The van der Waals surface area contributed by atoms with Gasteiger partial charge in [-0.1, -0.05) is 55.4 Å². The minimum absolute atomic E-state index is 0.118. The number of tetrazole rings is 1. The van der Waals surface area contributed by atoms with Crippen molar-refractivity contribution in [2.24, 2.45) is 0 Å². The van der Waals surface area contributed by atoms with Crippen LogP contribution in [0.25, 0.3) is 5.69 Å². The number of amides is 1. The number of anilines is 1. The van der Waals surface area contributed by atoms with Crippen molar-refractivity contribution in [1.82, 2.24) is 25.4 Å². The first-order valence-corrected chi connectivity index (χ1v) is 9.13. The van der Waals surface area contributed by atoms with E-state index in [1.54, 1.807) is 24.3 Å². The van der Waals surface area contributed by atoms with E-state index in [2.05, 4.69) is 26.0 Å². The van der Waals surface area contributed by atoms with E-state index >= 15 is 0 Å². The lowest BCUT2D eigenvalue weighted by molar-refractivity contribution is -0.113. The molecule has 0 aliphatic heterocycles. The maximum atomic E-state index is 12.1. The zero-order valence-electron chi connectivity index (χ0n) is 14.4. The Morgan fingerprint density at radius 3 is 2.85 bits per heavy atom. The molecule has 10 heteroatoms. The summed E-state index contributed by atoms with van der Waals surface area (Å²) >= 11 is 7.20. The summed E-state index contributed by atoms with van der Waals surface area (Å²) in [4.78, 5) is 12.1. The minimum Gasteiger partial charge on any atom is -0.338 e. The van der Waals surface area contributed by atoms with Crippen LogP contribution in [0.4, 0.5) is 5.88 Å². The quantitative estimate of drug-likeness (QED) is 0.665. The predicted octanol–water partition coefficient (Wildman–Crippen LogP) is 3.33. The Balaban J connectivity index is 1.62. The topological polar surface area (TPSA) is 98.7 Å². The molecular weight excluding hydrogens is 376 g/mol. The first-order chi connectivity index (χ1) is 12.3. The van der Waals surface area contributed by atoms with Gasteiger partial charge in [0.05, 0.1) is 17.1 Å². The normalized spacial score (nSPS) is 11.5. The second kappa shape index (κ2) is 7.46. The van der Waals surface area contributed by atoms with Gasteiger partial charge in [-0.3, -0.25) is 10.1 Å². The highest BCUT2D eigenvalue weighted by Crippen LogP contribution is 2.24. The van der Waals surface area contributed by atoms with Gasteiger partial charge in [-0.25, -0.2) is 0 Å². The molecule has 0 radical (unpaired) electrons. The standard InChI is InChI=1S/C16H17ClN6O2S/c1-16(2,3)12-8-14(25-20-12)18-13(24)9-26-15-19-21-22-23(15)11-6-4-5-10(17)7-11/h4-8H,9H2,1-3H3,(H,18,24). The molecule has 2 heterocycles. The minimum atomic E-state index is -0.243. The lowest BCUT2D eigenvalue weighted by Crippen LogP contribution is -2.14. The van der Waals surface area contributed by atoms with Gasteiger partial charge in [-0.15, -0.1) is 5.10 Å². The number of carbonyl (C=O) groups is 1. The smallest absolute Gasteiger partial charge is 0.237 e. The third-order valence-electron chi connectivity index (χ3n) is 3.37. The van der Waals surface area contributed by atoms with Gasteiger partial charge in [0.1, 0.15) is 0 Å². The Morgan fingerprint density at radius 2 is 2.15 bits per heavy atom. The number of carbonyl (C=O) groups excluding carboxylic acids is 1. The Labute approximate surface area is 159 Å². The van der Waals surface area contributed by atoms with Crippen LogP contribution in [0.1, 0.15) is 26.5 Å². The van der Waals surface area contributed by atoms with Crippen molar-refractivity contribution >= 4 is 35.2 Å². The van der Waals surface area contributed by atoms with E-state index in [4.69, 9.17) is 16.1 Å². The fraction of sp³-hybridized carbons (Fsp3) is 0.312. The van der Waals surface area contributed by atoms with E-state index in [1.165, 1.54) is 16.4 Å². The van der Waals surface area contributed by atoms with Gasteiger partial charge in [0.2, 0.25) is 16.9 Å². The van der Waals surface area contributed by atoms with E-state index < -0.39 is 0 Å². The van der Waals surface area contributed by atoms with E-state index in [0.717, 1.165) is 11.4 Å². The number of benzene rings is 1. The van der Waals surface area contributed by atoms with Crippen LogP contribution >= 0.6 is 23.4 Å². The van der Waals surface area contributed by atoms with Crippen LogP contribution in [0.5, 0.6) is 0 Å². The highest BCUT2D eigenvalue weighted by molar-refractivity contribution is 7.99. The molecule has 0 fully saturated rings. The molecule has 2 aromatic heterocycles. The van der Waals surface area contributed by atoms with Crippen molar-refractivity contribution in [3.63, 3.8) is 0 Å². The molecule has 3 rings (SSSR count). The van der Waals surface area contributed by atoms with Crippen LogP contribution in [-0.4, -0.2) is 37.0 Å². The summed E-state index contributed by atoms with van der Waals surface area (Å²) in [7, 11) is 0. The Morgan fingerprint density at radius 1 is 1.35 bits per heavy atom. The average Bonchev–Trinajstić information content (AvgIpc) is 3.21. The van der Waals surface area contributed by atoms with E-state index in [-0.39, 0.29) is 17.1 Å². The molecule has 26 heavy (non-hydrogen) atoms. The van der Waals surface area contributed by atoms with Crippen molar-refractivity contribution < 1.29 is 9.32 Å². The lowest BCUT2D eigenvalue weighted by Gasteiger charge is -2.12. The molecule has 0 aliphatic rings. The van der Waals surface area contributed by atoms with Crippen molar-refractivity contribution in [3.8, 4) is 5.69 Å². The van der Waals surface area contributed by atoms with Crippen molar-refractivity contribution in [2.45, 2.75) is 31.3 Å². The molecule has 0 spiro atoms. The van der Waals surface area contributed by atoms with E-state index in [0.29, 0.717) is 16.1 Å². The number of hydrogen-bond acceptors (Lipinski definition) is 7. The van der Waals surface area contributed by atoms with Crippen LogP contribution in [0.15, 0.2) is 40.0 Å². The largest absolute Gasteiger partial charge is 0.338 e. The Bertz CT molecular complexity index is 917. The molecule has 0 saturated heterocycles. The fourth-order valence-electron chi connectivity index (χ4n) is 2.03. The summed E-state index contributed by atoms with van der Waals surface area (Å²) in [6.45, 7) is 6.05. The number of rotatable bonds is 5. The molecule has 8 nitrogen and oxygen atoms in total. The number of aromatic nitrogens is 5. The third kappa shape index (κ3) is 4.41. The van der Waals surface area contributed by atoms with Crippen LogP contribution in [0.2, 0.25) is 5.02 Å². The maximum absolute atomic E-state index is 12.1. The molecule has 1 aromatic carbocycles. The van der Waals surface area contributed by atoms with Gasteiger partial charge in [0.25, 0.3) is 0 Å². The van der Waals surface area contributed by atoms with Crippen LogP contribution in [0.3, 0.4) is 0 Å². The van der Waals surface area contributed by atoms with Gasteiger partial charge < -0.3 is 4.52 Å². The molecule has 0 aliphatic carbocycles. The molecule has 1 N–H and O–H groups in total. The first kappa shape index (κ1) is 18.4.